The van der Waals surface area contributed by atoms with Crippen molar-refractivity contribution in [3.63, 3.8) is 0 Å². The number of carbonyl (C=O) groups excluding carboxylic acids is 1. The van der Waals surface area contributed by atoms with Gasteiger partial charge in [-0.05, 0) is 64.5 Å². The fourth-order valence-electron chi connectivity index (χ4n) is 6.01. The number of benzene rings is 1. The Morgan fingerprint density at radius 1 is 1.16 bits per heavy atom. The van der Waals surface area contributed by atoms with E-state index in [9.17, 15) is 14.7 Å². The van der Waals surface area contributed by atoms with Crippen LogP contribution in [0.15, 0.2) is 53.7 Å². The second kappa shape index (κ2) is 11.4. The van der Waals surface area contributed by atoms with Crippen LogP contribution >= 0.6 is 0 Å². The number of hydrogen-bond donors (Lipinski definition) is 2. The Labute approximate surface area is 224 Å². The Hall–Kier alpha value is -3.01. The normalized spacial score (nSPS) is 21.7. The first-order chi connectivity index (χ1) is 18.3. The minimum Gasteiger partial charge on any atom is -0.388 e. The zero-order valence-electron chi connectivity index (χ0n) is 22.6. The molecular weight excluding hydrogens is 480 g/mol. The maximum absolute atomic E-state index is 13.6. The molecule has 4 heterocycles. The highest BCUT2D eigenvalue weighted by molar-refractivity contribution is 5.80. The molecule has 0 radical (unpaired) electrons. The number of aryl methyl sites for hydroxylation is 1. The third-order valence-corrected chi connectivity index (χ3v) is 8.25. The van der Waals surface area contributed by atoms with Crippen molar-refractivity contribution in [3.8, 4) is 0 Å². The largest absolute Gasteiger partial charge is 0.388 e. The van der Waals surface area contributed by atoms with Crippen molar-refractivity contribution in [1.82, 2.24) is 29.2 Å². The molecule has 2 saturated heterocycles. The summed E-state index contributed by atoms with van der Waals surface area (Å²) in [7, 11) is 4.09. The van der Waals surface area contributed by atoms with E-state index in [0.717, 1.165) is 39.0 Å². The molecule has 2 aliphatic rings. The number of piperidine rings is 2. The van der Waals surface area contributed by atoms with Gasteiger partial charge in [0.15, 0.2) is 0 Å². The molecule has 0 aliphatic carbocycles. The van der Waals surface area contributed by atoms with Crippen LogP contribution in [0.1, 0.15) is 37.2 Å². The van der Waals surface area contributed by atoms with Gasteiger partial charge in [-0.15, -0.1) is 0 Å². The lowest BCUT2D eigenvalue weighted by atomic mass is 9.80. The van der Waals surface area contributed by atoms with Gasteiger partial charge < -0.3 is 24.8 Å². The molecule has 1 aromatic carbocycles. The Morgan fingerprint density at radius 3 is 2.66 bits per heavy atom. The van der Waals surface area contributed by atoms with Gasteiger partial charge >= 0.3 is 0 Å². The Balaban J connectivity index is 1.23. The zero-order chi connectivity index (χ0) is 26.7. The van der Waals surface area contributed by atoms with E-state index in [1.165, 1.54) is 10.1 Å². The summed E-state index contributed by atoms with van der Waals surface area (Å²) in [6.45, 7) is 4.58. The number of hydrogen-bond acceptors (Lipinski definition) is 6. The molecule has 0 saturated carbocycles. The van der Waals surface area contributed by atoms with Crippen LogP contribution in [-0.4, -0.2) is 87.4 Å². The fraction of sp³-hybridized carbons (Fsp3) is 0.552. The highest BCUT2D eigenvalue weighted by Crippen LogP contribution is 2.33. The van der Waals surface area contributed by atoms with Gasteiger partial charge in [-0.1, -0.05) is 30.3 Å². The van der Waals surface area contributed by atoms with Gasteiger partial charge in [0.05, 0.1) is 17.5 Å². The first-order valence-corrected chi connectivity index (χ1v) is 13.8. The topological polar surface area (TPSA) is 95.6 Å². The van der Waals surface area contributed by atoms with E-state index in [1.54, 1.807) is 6.33 Å². The fourth-order valence-corrected chi connectivity index (χ4v) is 6.01. The van der Waals surface area contributed by atoms with E-state index < -0.39 is 5.60 Å². The molecule has 0 unspecified atom stereocenters. The third-order valence-electron chi connectivity index (χ3n) is 8.25. The van der Waals surface area contributed by atoms with Crippen LogP contribution in [0, 0.1) is 5.92 Å². The Bertz CT molecular complexity index is 1290. The van der Waals surface area contributed by atoms with Crippen molar-refractivity contribution in [2.24, 2.45) is 5.92 Å². The molecule has 38 heavy (non-hydrogen) atoms. The van der Waals surface area contributed by atoms with E-state index in [-0.39, 0.29) is 29.8 Å². The van der Waals surface area contributed by atoms with Gasteiger partial charge in [0.25, 0.3) is 5.56 Å². The first-order valence-electron chi connectivity index (χ1n) is 13.8. The van der Waals surface area contributed by atoms with E-state index in [1.807, 2.05) is 54.0 Å². The molecule has 2 aromatic heterocycles. The second-order valence-electron chi connectivity index (χ2n) is 11.2. The summed E-state index contributed by atoms with van der Waals surface area (Å²) in [6.07, 6.45) is 6.14. The first kappa shape index (κ1) is 26.6. The third kappa shape index (κ3) is 5.70. The zero-order valence-corrected chi connectivity index (χ0v) is 22.6. The average molecular weight is 521 g/mol. The van der Waals surface area contributed by atoms with Gasteiger partial charge in [0, 0.05) is 44.2 Å². The summed E-state index contributed by atoms with van der Waals surface area (Å²) in [5, 5.41) is 15.4. The number of likely N-dealkylation sites (tertiary alicyclic amines) is 1. The maximum Gasteiger partial charge on any atom is 0.262 e. The number of aliphatic hydroxyl groups is 1. The second-order valence-corrected chi connectivity index (χ2v) is 11.2. The smallest absolute Gasteiger partial charge is 0.262 e. The monoisotopic (exact) mass is 520 g/mol. The SMILES string of the molecule is CN(C)CCCn1ccc2c(=O)n(CC3(O)CCN(C(=O)[C@@H]4CCNC[C@H]4c4ccccc4)CC3)cnc21. The van der Waals surface area contributed by atoms with Crippen molar-refractivity contribution in [2.75, 3.05) is 46.8 Å². The number of aromatic nitrogens is 3. The molecule has 5 rings (SSSR count). The van der Waals surface area contributed by atoms with Crippen LogP contribution in [0.5, 0.6) is 0 Å². The van der Waals surface area contributed by atoms with Gasteiger partial charge in [-0.2, -0.15) is 0 Å². The number of carbonyl (C=O) groups is 1. The van der Waals surface area contributed by atoms with Crippen LogP contribution in [0.3, 0.4) is 0 Å². The highest BCUT2D eigenvalue weighted by atomic mass is 16.3. The van der Waals surface area contributed by atoms with Crippen LogP contribution in [0.2, 0.25) is 0 Å². The number of nitrogens with zero attached hydrogens (tertiary/aromatic N) is 5. The van der Waals surface area contributed by atoms with E-state index >= 15 is 0 Å². The van der Waals surface area contributed by atoms with Gasteiger partial charge in [0.1, 0.15) is 12.0 Å². The van der Waals surface area contributed by atoms with Crippen LogP contribution in [-0.2, 0) is 17.9 Å². The summed E-state index contributed by atoms with van der Waals surface area (Å²) in [5.74, 6) is 0.281. The molecule has 2 fully saturated rings. The molecular formula is C29H40N6O3. The quantitative estimate of drug-likeness (QED) is 0.471. The molecule has 0 spiro atoms. The van der Waals surface area contributed by atoms with E-state index in [0.29, 0.717) is 37.0 Å². The summed E-state index contributed by atoms with van der Waals surface area (Å²) >= 11 is 0. The lowest BCUT2D eigenvalue weighted by molar-refractivity contribution is -0.141. The minimum atomic E-state index is -1.04. The molecule has 9 nitrogen and oxygen atoms in total. The van der Waals surface area contributed by atoms with E-state index in [4.69, 9.17) is 0 Å². The molecule has 2 N–H and O–H groups in total. The van der Waals surface area contributed by atoms with Gasteiger partial charge in [-0.25, -0.2) is 4.98 Å². The van der Waals surface area contributed by atoms with Crippen LogP contribution in [0.4, 0.5) is 0 Å². The Kier molecular flexibility index (Phi) is 7.97. The summed E-state index contributed by atoms with van der Waals surface area (Å²) in [5.41, 5.74) is 0.707. The lowest BCUT2D eigenvalue weighted by Gasteiger charge is -2.41. The van der Waals surface area contributed by atoms with Crippen LogP contribution < -0.4 is 10.9 Å². The van der Waals surface area contributed by atoms with Crippen molar-refractivity contribution in [2.45, 2.75) is 50.3 Å². The lowest BCUT2D eigenvalue weighted by Crippen LogP contribution is -2.52. The molecule has 204 valence electrons. The van der Waals surface area contributed by atoms with E-state index in [2.05, 4.69) is 27.3 Å². The predicted molar refractivity (Wildman–Crippen MR) is 148 cm³/mol. The van der Waals surface area contributed by atoms with Gasteiger partial charge in [0.2, 0.25) is 5.91 Å². The molecule has 9 heteroatoms. The standard InChI is InChI=1S/C29H40N6O3/c1-32(2)14-6-15-33-16-10-24-26(33)31-21-35(28(24)37)20-29(38)11-17-34(18-12-29)27(36)23-9-13-30-19-25(23)22-7-4-3-5-8-22/h3-5,7-8,10,16,21,23,25,30,38H,6,9,11-15,17-20H2,1-2H3/t23-,25+/m1/s1. The summed E-state index contributed by atoms with van der Waals surface area (Å²) < 4.78 is 3.55. The average Bonchev–Trinajstić information content (AvgIpc) is 3.34. The number of amides is 1. The molecule has 3 aromatic rings. The molecule has 0 bridgehead atoms. The summed E-state index contributed by atoms with van der Waals surface area (Å²) in [4.78, 5) is 35.4. The van der Waals surface area contributed by atoms with Crippen molar-refractivity contribution in [3.05, 3.63) is 64.8 Å². The molecule has 2 atom stereocenters. The summed E-state index contributed by atoms with van der Waals surface area (Å²) in [6, 6.07) is 12.1. The van der Waals surface area contributed by atoms with Gasteiger partial charge in [-0.3, -0.25) is 14.2 Å². The molecule has 2 aliphatic heterocycles. The van der Waals surface area contributed by atoms with Crippen molar-refractivity contribution >= 4 is 16.9 Å². The number of rotatable bonds is 8. The highest BCUT2D eigenvalue weighted by Gasteiger charge is 2.39. The number of nitrogens with one attached hydrogen (secondary N) is 1. The molecule has 1 amide bonds. The van der Waals surface area contributed by atoms with Crippen LogP contribution in [0.25, 0.3) is 11.0 Å². The predicted octanol–water partition coefficient (Wildman–Crippen LogP) is 1.90. The number of fused-ring (bicyclic) bond motifs is 1. The van der Waals surface area contributed by atoms with Crippen molar-refractivity contribution in [1.29, 1.82) is 0 Å². The van der Waals surface area contributed by atoms with Crippen molar-refractivity contribution < 1.29 is 9.90 Å². The maximum atomic E-state index is 13.6. The minimum absolute atomic E-state index is 0.0548. The Morgan fingerprint density at radius 2 is 1.92 bits per heavy atom.